The zero-order chi connectivity index (χ0) is 19.4. The lowest BCUT2D eigenvalue weighted by atomic mass is 10.0. The molecule has 0 aliphatic carbocycles. The van der Waals surface area contributed by atoms with E-state index in [-0.39, 0.29) is 18.2 Å². The van der Waals surface area contributed by atoms with E-state index in [1.807, 2.05) is 25.1 Å². The summed E-state index contributed by atoms with van der Waals surface area (Å²) in [7, 11) is 0. The number of hydrogen-bond donors (Lipinski definition) is 2. The van der Waals surface area contributed by atoms with Crippen LogP contribution in [-0.2, 0) is 16.1 Å². The van der Waals surface area contributed by atoms with Gasteiger partial charge in [-0.05, 0) is 42.7 Å². The number of piperidine rings is 1. The van der Waals surface area contributed by atoms with Crippen molar-refractivity contribution in [3.8, 4) is 11.1 Å². The van der Waals surface area contributed by atoms with Gasteiger partial charge in [-0.2, -0.15) is 5.10 Å². The fraction of sp³-hybridized carbons (Fsp3) is 0.250. The first kappa shape index (κ1) is 16.6. The number of nitrogens with one attached hydrogen (secondary N) is 2. The topological polar surface area (TPSA) is 108 Å². The van der Waals surface area contributed by atoms with E-state index < -0.39 is 11.9 Å². The summed E-state index contributed by atoms with van der Waals surface area (Å²) < 4.78 is 0. The number of aromatic nitrogens is 3. The van der Waals surface area contributed by atoms with Gasteiger partial charge in [-0.15, -0.1) is 0 Å². The van der Waals surface area contributed by atoms with Gasteiger partial charge in [-0.1, -0.05) is 6.07 Å². The zero-order valence-corrected chi connectivity index (χ0v) is 15.2. The van der Waals surface area contributed by atoms with Crippen molar-refractivity contribution < 1.29 is 14.4 Å². The number of pyridine rings is 1. The van der Waals surface area contributed by atoms with E-state index in [0.29, 0.717) is 24.2 Å². The zero-order valence-electron chi connectivity index (χ0n) is 15.2. The summed E-state index contributed by atoms with van der Waals surface area (Å²) in [5.74, 6) is -0.858. The van der Waals surface area contributed by atoms with Crippen molar-refractivity contribution in [1.29, 1.82) is 0 Å². The second-order valence-electron chi connectivity index (χ2n) is 7.22. The standard InChI is InChI=1S/C20H17N5O3/c1-10-15-7-12(8-21-18(15)24-23-10)11-2-3-14-13(6-11)9-25(20(14)28)16-4-5-17(26)22-19(16)27/h2-3,6-8,16H,4-5,9H2,1H3,(H,21,23,24)(H,22,26,27). The molecule has 0 bridgehead atoms. The summed E-state index contributed by atoms with van der Waals surface area (Å²) in [5.41, 5.74) is 4.97. The van der Waals surface area contributed by atoms with Gasteiger partial charge >= 0.3 is 0 Å². The molecule has 0 radical (unpaired) electrons. The van der Waals surface area contributed by atoms with Crippen LogP contribution in [0.3, 0.4) is 0 Å². The molecule has 2 N–H and O–H groups in total. The molecule has 3 amide bonds. The lowest BCUT2D eigenvalue weighted by molar-refractivity contribution is -0.136. The van der Waals surface area contributed by atoms with E-state index in [1.165, 1.54) is 0 Å². The van der Waals surface area contributed by atoms with Crippen molar-refractivity contribution in [2.24, 2.45) is 0 Å². The van der Waals surface area contributed by atoms with Crippen LogP contribution in [0, 0.1) is 6.92 Å². The molecule has 2 aromatic heterocycles. The van der Waals surface area contributed by atoms with Gasteiger partial charge in [0.2, 0.25) is 11.8 Å². The largest absolute Gasteiger partial charge is 0.322 e. The van der Waals surface area contributed by atoms with Crippen molar-refractivity contribution >= 4 is 28.8 Å². The minimum atomic E-state index is -0.604. The number of benzene rings is 1. The predicted molar refractivity (Wildman–Crippen MR) is 100 cm³/mol. The fourth-order valence-corrected chi connectivity index (χ4v) is 3.93. The molecule has 3 aromatic rings. The van der Waals surface area contributed by atoms with E-state index in [1.54, 1.807) is 17.2 Å². The quantitative estimate of drug-likeness (QED) is 0.663. The van der Waals surface area contributed by atoms with Gasteiger partial charge < -0.3 is 4.90 Å². The van der Waals surface area contributed by atoms with Crippen LogP contribution in [0.25, 0.3) is 22.2 Å². The number of amides is 3. The van der Waals surface area contributed by atoms with E-state index in [9.17, 15) is 14.4 Å². The molecule has 8 nitrogen and oxygen atoms in total. The number of hydrogen-bond acceptors (Lipinski definition) is 5. The molecule has 2 aliphatic heterocycles. The molecule has 28 heavy (non-hydrogen) atoms. The first-order valence-corrected chi connectivity index (χ1v) is 9.10. The van der Waals surface area contributed by atoms with Gasteiger partial charge in [0.05, 0.1) is 0 Å². The minimum absolute atomic E-state index is 0.171. The Hall–Kier alpha value is -3.55. The van der Waals surface area contributed by atoms with Gasteiger partial charge in [-0.25, -0.2) is 4.98 Å². The number of fused-ring (bicyclic) bond motifs is 2. The highest BCUT2D eigenvalue weighted by molar-refractivity contribution is 6.05. The second kappa shape index (κ2) is 5.98. The molecule has 140 valence electrons. The van der Waals surface area contributed by atoms with Gasteiger partial charge in [0.25, 0.3) is 5.91 Å². The lowest BCUT2D eigenvalue weighted by Crippen LogP contribution is -2.52. The van der Waals surface area contributed by atoms with Gasteiger partial charge in [0.15, 0.2) is 5.65 Å². The van der Waals surface area contributed by atoms with E-state index in [4.69, 9.17) is 0 Å². The third-order valence-electron chi connectivity index (χ3n) is 5.46. The molecule has 1 saturated heterocycles. The summed E-state index contributed by atoms with van der Waals surface area (Å²) in [4.78, 5) is 42.3. The van der Waals surface area contributed by atoms with Crippen LogP contribution < -0.4 is 5.32 Å². The molecular formula is C20H17N5O3. The fourth-order valence-electron chi connectivity index (χ4n) is 3.93. The van der Waals surface area contributed by atoms with Gasteiger partial charge in [-0.3, -0.25) is 24.8 Å². The van der Waals surface area contributed by atoms with Crippen molar-refractivity contribution in [1.82, 2.24) is 25.4 Å². The van der Waals surface area contributed by atoms with Crippen LogP contribution in [0.4, 0.5) is 0 Å². The van der Waals surface area contributed by atoms with E-state index in [0.717, 1.165) is 27.8 Å². The smallest absolute Gasteiger partial charge is 0.255 e. The number of H-pyrrole nitrogens is 1. The molecule has 0 spiro atoms. The average molecular weight is 375 g/mol. The van der Waals surface area contributed by atoms with Gasteiger partial charge in [0.1, 0.15) is 6.04 Å². The SMILES string of the molecule is Cc1[nH]nc2ncc(-c3ccc4c(c3)CN(C3CCC(=O)NC3=O)C4=O)cc12. The number of carbonyl (C=O) groups excluding carboxylic acids is 3. The average Bonchev–Trinajstić information content (AvgIpc) is 3.21. The van der Waals surface area contributed by atoms with Crippen molar-refractivity contribution in [2.75, 3.05) is 0 Å². The Bertz CT molecular complexity index is 1170. The molecule has 1 fully saturated rings. The Kier molecular flexibility index (Phi) is 3.55. The molecule has 5 rings (SSSR count). The summed E-state index contributed by atoms with van der Waals surface area (Å²) in [5, 5.41) is 10.4. The number of imide groups is 1. The first-order valence-electron chi connectivity index (χ1n) is 9.10. The maximum Gasteiger partial charge on any atom is 0.255 e. The Morgan fingerprint density at radius 2 is 2.00 bits per heavy atom. The molecule has 1 unspecified atom stereocenters. The monoisotopic (exact) mass is 375 g/mol. The van der Waals surface area contributed by atoms with Crippen molar-refractivity contribution in [3.05, 3.63) is 47.3 Å². The highest BCUT2D eigenvalue weighted by Gasteiger charge is 2.39. The maximum atomic E-state index is 12.8. The van der Waals surface area contributed by atoms with Crippen LogP contribution in [0.5, 0.6) is 0 Å². The molecule has 0 saturated carbocycles. The van der Waals surface area contributed by atoms with E-state index in [2.05, 4.69) is 20.5 Å². The minimum Gasteiger partial charge on any atom is -0.322 e. The van der Waals surface area contributed by atoms with Gasteiger partial charge in [0, 0.05) is 41.4 Å². The highest BCUT2D eigenvalue weighted by atomic mass is 16.2. The molecule has 2 aliphatic rings. The van der Waals surface area contributed by atoms with E-state index >= 15 is 0 Å². The molecule has 1 aromatic carbocycles. The number of nitrogens with zero attached hydrogens (tertiary/aromatic N) is 3. The number of rotatable bonds is 2. The Morgan fingerprint density at radius 3 is 2.82 bits per heavy atom. The maximum absolute atomic E-state index is 12.8. The van der Waals surface area contributed by atoms with Crippen LogP contribution >= 0.6 is 0 Å². The summed E-state index contributed by atoms with van der Waals surface area (Å²) in [6.45, 7) is 2.30. The Morgan fingerprint density at radius 1 is 1.14 bits per heavy atom. The van der Waals surface area contributed by atoms with Crippen molar-refractivity contribution in [3.63, 3.8) is 0 Å². The summed E-state index contributed by atoms with van der Waals surface area (Å²) in [6, 6.07) is 7.08. The molecule has 4 heterocycles. The summed E-state index contributed by atoms with van der Waals surface area (Å²) in [6.07, 6.45) is 2.37. The molecular weight excluding hydrogens is 358 g/mol. The second-order valence-corrected chi connectivity index (χ2v) is 7.22. The normalized spacial score (nSPS) is 19.2. The number of aromatic amines is 1. The lowest BCUT2D eigenvalue weighted by Gasteiger charge is -2.29. The Labute approximate surface area is 159 Å². The molecule has 1 atom stereocenters. The van der Waals surface area contributed by atoms with Crippen molar-refractivity contribution in [2.45, 2.75) is 32.4 Å². The third kappa shape index (κ3) is 2.49. The Balaban J connectivity index is 1.47. The van der Waals surface area contributed by atoms with Crippen LogP contribution in [0.1, 0.15) is 34.5 Å². The summed E-state index contributed by atoms with van der Waals surface area (Å²) >= 11 is 0. The van der Waals surface area contributed by atoms with Crippen LogP contribution in [0.2, 0.25) is 0 Å². The number of carbonyl (C=O) groups is 3. The van der Waals surface area contributed by atoms with Crippen LogP contribution in [0.15, 0.2) is 30.5 Å². The van der Waals surface area contributed by atoms with Crippen LogP contribution in [-0.4, -0.2) is 43.8 Å². The molecule has 8 heteroatoms. The first-order chi connectivity index (χ1) is 13.5. The highest BCUT2D eigenvalue weighted by Crippen LogP contribution is 2.31. The number of aryl methyl sites for hydroxylation is 1. The predicted octanol–water partition coefficient (Wildman–Crippen LogP) is 1.69. The third-order valence-corrected chi connectivity index (χ3v) is 5.46.